The summed E-state index contributed by atoms with van der Waals surface area (Å²) in [5.41, 5.74) is 0.0399. The lowest BCUT2D eigenvalue weighted by Gasteiger charge is -2.17. The minimum absolute atomic E-state index is 0.115. The summed E-state index contributed by atoms with van der Waals surface area (Å²) < 4.78 is 33.8. The average Bonchev–Trinajstić information content (AvgIpc) is 2.87. The van der Waals surface area contributed by atoms with Crippen LogP contribution < -0.4 is 0 Å². The first-order valence-electron chi connectivity index (χ1n) is 6.19. The van der Waals surface area contributed by atoms with Crippen molar-refractivity contribution in [2.24, 2.45) is 0 Å². The molecule has 106 valence electrons. The minimum Gasteiger partial charge on any atom is -0.461 e. The molecule has 0 amide bonds. The molecule has 1 unspecified atom stereocenters. The summed E-state index contributed by atoms with van der Waals surface area (Å²) >= 11 is 0. The largest absolute Gasteiger partial charge is 0.461 e. The fourth-order valence-corrected chi connectivity index (χ4v) is 2.03. The molecule has 2 aromatic rings. The summed E-state index contributed by atoms with van der Waals surface area (Å²) in [6.45, 7) is 3.48. The highest BCUT2D eigenvalue weighted by Crippen LogP contribution is 2.25. The lowest BCUT2D eigenvalue weighted by atomic mass is 10.1. The SMILES string of the molecule is CCOC(=O)c1cncn1C(C)c1c(F)cccc1F. The van der Waals surface area contributed by atoms with Gasteiger partial charge in [0.2, 0.25) is 0 Å². The maximum absolute atomic E-state index is 13.8. The molecule has 0 aliphatic heterocycles. The molecule has 1 aromatic heterocycles. The lowest BCUT2D eigenvalue weighted by Crippen LogP contribution is -2.17. The Morgan fingerprint density at radius 1 is 1.40 bits per heavy atom. The van der Waals surface area contributed by atoms with E-state index in [4.69, 9.17) is 4.74 Å². The molecule has 1 atom stereocenters. The van der Waals surface area contributed by atoms with E-state index in [0.29, 0.717) is 0 Å². The smallest absolute Gasteiger partial charge is 0.356 e. The summed E-state index contributed by atoms with van der Waals surface area (Å²) in [6, 6.07) is 2.94. The third-order valence-corrected chi connectivity index (χ3v) is 2.99. The summed E-state index contributed by atoms with van der Waals surface area (Å²) in [5, 5.41) is 0. The first-order valence-corrected chi connectivity index (χ1v) is 6.19. The monoisotopic (exact) mass is 280 g/mol. The molecule has 0 aliphatic rings. The third-order valence-electron chi connectivity index (χ3n) is 2.99. The Balaban J connectivity index is 2.42. The zero-order valence-electron chi connectivity index (χ0n) is 11.1. The summed E-state index contributed by atoms with van der Waals surface area (Å²) in [5.74, 6) is -1.91. The molecule has 0 fully saturated rings. The summed E-state index contributed by atoms with van der Waals surface area (Å²) in [6.07, 6.45) is 2.66. The van der Waals surface area contributed by atoms with E-state index in [9.17, 15) is 13.6 Å². The fourth-order valence-electron chi connectivity index (χ4n) is 2.03. The van der Waals surface area contributed by atoms with Crippen LogP contribution in [0.2, 0.25) is 0 Å². The van der Waals surface area contributed by atoms with Gasteiger partial charge in [0, 0.05) is 5.56 Å². The molecule has 0 saturated carbocycles. The number of nitrogens with zero attached hydrogens (tertiary/aromatic N) is 2. The van der Waals surface area contributed by atoms with E-state index < -0.39 is 23.6 Å². The molecule has 0 radical (unpaired) electrons. The van der Waals surface area contributed by atoms with Crippen molar-refractivity contribution in [1.29, 1.82) is 0 Å². The number of carbonyl (C=O) groups excluding carboxylic acids is 1. The van der Waals surface area contributed by atoms with Gasteiger partial charge in [-0.2, -0.15) is 0 Å². The summed E-state index contributed by atoms with van der Waals surface area (Å²) in [7, 11) is 0. The average molecular weight is 280 g/mol. The van der Waals surface area contributed by atoms with Gasteiger partial charge in [0.05, 0.1) is 25.2 Å². The molecule has 2 rings (SSSR count). The number of hydrogen-bond acceptors (Lipinski definition) is 3. The first kappa shape index (κ1) is 14.2. The maximum atomic E-state index is 13.8. The van der Waals surface area contributed by atoms with E-state index in [1.807, 2.05) is 0 Å². The Morgan fingerprint density at radius 2 is 2.05 bits per heavy atom. The molecule has 0 saturated heterocycles. The highest BCUT2D eigenvalue weighted by Gasteiger charge is 2.22. The molecule has 0 N–H and O–H groups in total. The van der Waals surface area contributed by atoms with Crippen molar-refractivity contribution in [2.75, 3.05) is 6.61 Å². The highest BCUT2D eigenvalue weighted by molar-refractivity contribution is 5.87. The van der Waals surface area contributed by atoms with Gasteiger partial charge in [0.1, 0.15) is 17.3 Å². The second kappa shape index (κ2) is 5.81. The van der Waals surface area contributed by atoms with Crippen LogP contribution in [0, 0.1) is 11.6 Å². The predicted octanol–water partition coefficient (Wildman–Crippen LogP) is 2.95. The zero-order valence-corrected chi connectivity index (χ0v) is 11.1. The number of aromatic nitrogens is 2. The molecule has 20 heavy (non-hydrogen) atoms. The quantitative estimate of drug-likeness (QED) is 0.809. The van der Waals surface area contributed by atoms with Crippen molar-refractivity contribution in [3.63, 3.8) is 0 Å². The maximum Gasteiger partial charge on any atom is 0.356 e. The Bertz CT molecular complexity index is 605. The Labute approximate surface area is 115 Å². The standard InChI is InChI=1S/C14H14F2N2O2/c1-3-20-14(19)12-7-17-8-18(12)9(2)13-10(15)5-4-6-11(13)16/h4-9H,3H2,1-2H3. The predicted molar refractivity (Wildman–Crippen MR) is 68.4 cm³/mol. The molecule has 0 aliphatic carbocycles. The van der Waals surface area contributed by atoms with Gasteiger partial charge in [-0.15, -0.1) is 0 Å². The Kier molecular flexibility index (Phi) is 4.12. The van der Waals surface area contributed by atoms with Crippen molar-refractivity contribution in [2.45, 2.75) is 19.9 Å². The molecule has 6 heteroatoms. The molecule has 0 spiro atoms. The van der Waals surface area contributed by atoms with Crippen LogP contribution in [0.1, 0.15) is 35.9 Å². The van der Waals surface area contributed by atoms with Crippen molar-refractivity contribution in [3.8, 4) is 0 Å². The third kappa shape index (κ3) is 2.54. The fraction of sp³-hybridized carbons (Fsp3) is 0.286. The van der Waals surface area contributed by atoms with Gasteiger partial charge in [0.25, 0.3) is 0 Å². The van der Waals surface area contributed by atoms with Crippen LogP contribution in [0.5, 0.6) is 0 Å². The van der Waals surface area contributed by atoms with E-state index in [-0.39, 0.29) is 17.9 Å². The van der Waals surface area contributed by atoms with E-state index in [1.54, 1.807) is 13.8 Å². The lowest BCUT2D eigenvalue weighted by molar-refractivity contribution is 0.0512. The van der Waals surface area contributed by atoms with E-state index in [2.05, 4.69) is 4.98 Å². The van der Waals surface area contributed by atoms with Gasteiger partial charge < -0.3 is 9.30 Å². The molecule has 1 heterocycles. The van der Waals surface area contributed by atoms with Crippen LogP contribution in [-0.4, -0.2) is 22.1 Å². The van der Waals surface area contributed by atoms with Gasteiger partial charge in [-0.25, -0.2) is 18.6 Å². The normalized spacial score (nSPS) is 12.2. The Morgan fingerprint density at radius 3 is 2.65 bits per heavy atom. The number of benzene rings is 1. The van der Waals surface area contributed by atoms with E-state index in [1.165, 1.54) is 35.3 Å². The molecular formula is C14H14F2N2O2. The summed E-state index contributed by atoms with van der Waals surface area (Å²) in [4.78, 5) is 15.6. The zero-order chi connectivity index (χ0) is 14.7. The first-order chi connectivity index (χ1) is 9.56. The number of esters is 1. The Hall–Kier alpha value is -2.24. The van der Waals surface area contributed by atoms with Crippen LogP contribution in [0.25, 0.3) is 0 Å². The van der Waals surface area contributed by atoms with Crippen molar-refractivity contribution < 1.29 is 18.3 Å². The number of hydrogen-bond donors (Lipinski definition) is 0. The van der Waals surface area contributed by atoms with Gasteiger partial charge in [-0.05, 0) is 26.0 Å². The molecule has 4 nitrogen and oxygen atoms in total. The minimum atomic E-state index is -0.710. The second-order valence-electron chi connectivity index (χ2n) is 4.22. The molecule has 1 aromatic carbocycles. The van der Waals surface area contributed by atoms with Crippen LogP contribution in [0.15, 0.2) is 30.7 Å². The number of halogens is 2. The highest BCUT2D eigenvalue weighted by atomic mass is 19.1. The van der Waals surface area contributed by atoms with Crippen LogP contribution in [0.3, 0.4) is 0 Å². The second-order valence-corrected chi connectivity index (χ2v) is 4.22. The van der Waals surface area contributed by atoms with Crippen LogP contribution in [-0.2, 0) is 4.74 Å². The van der Waals surface area contributed by atoms with Gasteiger partial charge >= 0.3 is 5.97 Å². The number of ether oxygens (including phenoxy) is 1. The molecule has 0 bridgehead atoms. The molecular weight excluding hydrogens is 266 g/mol. The van der Waals surface area contributed by atoms with Gasteiger partial charge in [0.15, 0.2) is 0 Å². The number of rotatable bonds is 4. The topological polar surface area (TPSA) is 44.1 Å². The van der Waals surface area contributed by atoms with Gasteiger partial charge in [-0.3, -0.25) is 0 Å². The number of carbonyl (C=O) groups is 1. The van der Waals surface area contributed by atoms with E-state index in [0.717, 1.165) is 0 Å². The van der Waals surface area contributed by atoms with Crippen molar-refractivity contribution in [3.05, 3.63) is 53.6 Å². The van der Waals surface area contributed by atoms with Crippen molar-refractivity contribution >= 4 is 5.97 Å². The van der Waals surface area contributed by atoms with Crippen LogP contribution in [0.4, 0.5) is 8.78 Å². The van der Waals surface area contributed by atoms with Crippen LogP contribution >= 0.6 is 0 Å². The van der Waals surface area contributed by atoms with E-state index >= 15 is 0 Å². The van der Waals surface area contributed by atoms with Gasteiger partial charge in [-0.1, -0.05) is 6.07 Å². The number of imidazole rings is 1. The van der Waals surface area contributed by atoms with Crippen molar-refractivity contribution in [1.82, 2.24) is 9.55 Å².